The molecule has 2 saturated heterocycles. The van der Waals surface area contributed by atoms with Crippen LogP contribution >= 0.6 is 0 Å². The van der Waals surface area contributed by atoms with E-state index in [2.05, 4.69) is 25.7 Å². The maximum Gasteiger partial charge on any atom is 0.0125 e. The highest BCUT2D eigenvalue weighted by Crippen LogP contribution is 2.75. The summed E-state index contributed by atoms with van der Waals surface area (Å²) in [5.41, 5.74) is 0.427. The predicted octanol–water partition coefficient (Wildman–Crippen LogP) is 1.59. The molecule has 1 nitrogen and oxygen atoms in total. The van der Waals surface area contributed by atoms with E-state index in [4.69, 9.17) is 0 Å². The fourth-order valence-corrected chi connectivity index (χ4v) is 2.96. The van der Waals surface area contributed by atoms with Crippen LogP contribution in [0.15, 0.2) is 0 Å². The van der Waals surface area contributed by atoms with Gasteiger partial charge in [0.25, 0.3) is 0 Å². The van der Waals surface area contributed by atoms with E-state index in [-0.39, 0.29) is 0 Å². The number of hydrogen-bond donors (Lipinski definition) is 0. The van der Waals surface area contributed by atoms with E-state index in [1.54, 1.807) is 0 Å². The first-order valence-electron chi connectivity index (χ1n) is 4.84. The van der Waals surface area contributed by atoms with Crippen molar-refractivity contribution in [3.8, 4) is 0 Å². The molecule has 0 atom stereocenters. The van der Waals surface area contributed by atoms with Crippen LogP contribution < -0.4 is 0 Å². The van der Waals surface area contributed by atoms with Crippen LogP contribution in [0.25, 0.3) is 0 Å². The van der Waals surface area contributed by atoms with Gasteiger partial charge in [-0.15, -0.1) is 0 Å². The fraction of sp³-hybridized carbons (Fsp3) is 1.00. The van der Waals surface area contributed by atoms with Gasteiger partial charge in [-0.3, -0.25) is 4.90 Å². The van der Waals surface area contributed by atoms with E-state index in [9.17, 15) is 0 Å². The van der Waals surface area contributed by atoms with E-state index in [1.165, 1.54) is 24.9 Å². The molecule has 2 aliphatic heterocycles. The topological polar surface area (TPSA) is 3.24 Å². The van der Waals surface area contributed by atoms with E-state index in [0.29, 0.717) is 5.54 Å². The first-order valence-corrected chi connectivity index (χ1v) is 4.84. The summed E-state index contributed by atoms with van der Waals surface area (Å²) in [6.07, 6.45) is 0. The summed E-state index contributed by atoms with van der Waals surface area (Å²) in [5, 5.41) is 0. The quantitative estimate of drug-likeness (QED) is 0.508. The highest BCUT2D eigenvalue weighted by molar-refractivity contribution is 5.24. The Hall–Kier alpha value is -0.0400. The van der Waals surface area contributed by atoms with Crippen molar-refractivity contribution in [2.24, 2.45) is 23.7 Å². The maximum absolute atomic E-state index is 2.67. The Morgan fingerprint density at radius 3 is 1.82 bits per heavy atom. The zero-order valence-corrected chi connectivity index (χ0v) is 7.67. The smallest absolute Gasteiger partial charge is 0.0125 e. The summed E-state index contributed by atoms with van der Waals surface area (Å²) >= 11 is 0. The van der Waals surface area contributed by atoms with E-state index in [0.717, 1.165) is 11.8 Å². The SMILES string of the molecule is CC(C)(C)N1CC2C3C(C1)C23. The molecule has 0 radical (unpaired) electrons. The van der Waals surface area contributed by atoms with E-state index < -0.39 is 0 Å². The van der Waals surface area contributed by atoms with Crippen molar-refractivity contribution in [3.05, 3.63) is 0 Å². The van der Waals surface area contributed by atoms with Gasteiger partial charge in [-0.2, -0.15) is 0 Å². The van der Waals surface area contributed by atoms with Gasteiger partial charge in [-0.1, -0.05) is 0 Å². The maximum atomic E-state index is 2.67. The highest BCUT2D eigenvalue weighted by Gasteiger charge is 2.75. The summed E-state index contributed by atoms with van der Waals surface area (Å²) < 4.78 is 0. The third kappa shape index (κ3) is 0.703. The molecule has 1 heteroatoms. The number of fused-ring (bicyclic) bond motifs is 2. The van der Waals surface area contributed by atoms with E-state index >= 15 is 0 Å². The van der Waals surface area contributed by atoms with Crippen molar-refractivity contribution in [1.82, 2.24) is 4.90 Å². The lowest BCUT2D eigenvalue weighted by molar-refractivity contribution is 0.0632. The van der Waals surface area contributed by atoms with Gasteiger partial charge in [0.05, 0.1) is 0 Å². The minimum Gasteiger partial charge on any atom is -0.298 e. The van der Waals surface area contributed by atoms with Crippen molar-refractivity contribution in [2.45, 2.75) is 26.3 Å². The van der Waals surface area contributed by atoms with Gasteiger partial charge >= 0.3 is 0 Å². The monoisotopic (exact) mass is 151 g/mol. The Bertz CT molecular complexity index is 179. The van der Waals surface area contributed by atoms with Crippen molar-refractivity contribution >= 4 is 0 Å². The Morgan fingerprint density at radius 1 is 1.00 bits per heavy atom. The third-order valence-corrected chi connectivity index (χ3v) is 3.95. The molecule has 0 unspecified atom stereocenters. The lowest BCUT2D eigenvalue weighted by atomic mass is 9.93. The molecule has 0 aromatic heterocycles. The average Bonchev–Trinajstić information content (AvgIpc) is 2.73. The van der Waals surface area contributed by atoms with Crippen LogP contribution in [-0.4, -0.2) is 23.5 Å². The average molecular weight is 151 g/mol. The van der Waals surface area contributed by atoms with Crippen molar-refractivity contribution < 1.29 is 0 Å². The molecular weight excluding hydrogens is 134 g/mol. The molecule has 0 aromatic carbocycles. The molecular formula is C10H17N. The molecule has 2 saturated carbocycles. The lowest BCUT2D eigenvalue weighted by Crippen LogP contribution is -2.49. The standard InChI is InChI=1S/C10H17N/c1-10(2,3)11-4-6-8-7(5-11)9(6)8/h6-9H,4-5H2,1-3H3. The number of rotatable bonds is 0. The van der Waals surface area contributed by atoms with Gasteiger partial charge in [0.1, 0.15) is 0 Å². The first kappa shape index (κ1) is 6.47. The molecule has 4 rings (SSSR count). The zero-order chi connectivity index (χ0) is 7.80. The third-order valence-electron chi connectivity index (χ3n) is 3.95. The minimum atomic E-state index is 0.427. The Balaban J connectivity index is 1.72. The number of piperidine rings is 2. The summed E-state index contributed by atoms with van der Waals surface area (Å²) in [7, 11) is 0. The van der Waals surface area contributed by atoms with Crippen LogP contribution in [0.4, 0.5) is 0 Å². The Labute approximate surface area is 68.8 Å². The molecule has 2 aliphatic carbocycles. The lowest BCUT2D eigenvalue weighted by Gasteiger charge is -2.41. The second kappa shape index (κ2) is 1.52. The van der Waals surface area contributed by atoms with Crippen LogP contribution in [-0.2, 0) is 0 Å². The van der Waals surface area contributed by atoms with Gasteiger partial charge in [0.2, 0.25) is 0 Å². The van der Waals surface area contributed by atoms with Crippen LogP contribution in [0.5, 0.6) is 0 Å². The molecule has 0 spiro atoms. The van der Waals surface area contributed by atoms with Gasteiger partial charge < -0.3 is 0 Å². The van der Waals surface area contributed by atoms with Crippen molar-refractivity contribution in [2.75, 3.05) is 13.1 Å². The van der Waals surface area contributed by atoms with Crippen LogP contribution in [0.3, 0.4) is 0 Å². The van der Waals surface area contributed by atoms with Gasteiger partial charge in [-0.25, -0.2) is 0 Å². The molecule has 62 valence electrons. The summed E-state index contributed by atoms with van der Waals surface area (Å²) in [6.45, 7) is 9.82. The Kier molecular flexibility index (Phi) is 0.893. The van der Waals surface area contributed by atoms with Gasteiger partial charge in [0, 0.05) is 18.6 Å². The highest BCUT2D eigenvalue weighted by atomic mass is 15.2. The van der Waals surface area contributed by atoms with Gasteiger partial charge in [-0.05, 0) is 44.4 Å². The predicted molar refractivity (Wildman–Crippen MR) is 45.3 cm³/mol. The Morgan fingerprint density at radius 2 is 1.45 bits per heavy atom. The molecule has 11 heavy (non-hydrogen) atoms. The van der Waals surface area contributed by atoms with Crippen LogP contribution in [0.1, 0.15) is 20.8 Å². The van der Waals surface area contributed by atoms with Crippen molar-refractivity contribution in [3.63, 3.8) is 0 Å². The molecule has 0 amide bonds. The van der Waals surface area contributed by atoms with Crippen LogP contribution in [0, 0.1) is 23.7 Å². The zero-order valence-electron chi connectivity index (χ0n) is 7.67. The van der Waals surface area contributed by atoms with Gasteiger partial charge in [0.15, 0.2) is 0 Å². The molecule has 2 bridgehead atoms. The molecule has 0 aromatic rings. The first-order chi connectivity index (χ1) is 5.09. The summed E-state index contributed by atoms with van der Waals surface area (Å²) in [6, 6.07) is 0. The molecule has 4 fully saturated rings. The van der Waals surface area contributed by atoms with Crippen LogP contribution in [0.2, 0.25) is 0 Å². The summed E-state index contributed by atoms with van der Waals surface area (Å²) in [5.74, 6) is 4.67. The second-order valence-electron chi connectivity index (χ2n) is 5.56. The molecule has 2 heterocycles. The summed E-state index contributed by atoms with van der Waals surface area (Å²) in [4.78, 5) is 2.67. The molecule has 4 aliphatic rings. The molecule has 0 N–H and O–H groups in total. The van der Waals surface area contributed by atoms with E-state index in [1.807, 2.05) is 0 Å². The fourth-order valence-electron chi connectivity index (χ4n) is 2.96. The number of nitrogens with zero attached hydrogens (tertiary/aromatic N) is 1. The normalized spacial score (nSPS) is 53.7. The largest absolute Gasteiger partial charge is 0.298 e. The second-order valence-corrected chi connectivity index (χ2v) is 5.56. The minimum absolute atomic E-state index is 0.427. The number of hydrogen-bond acceptors (Lipinski definition) is 1. The van der Waals surface area contributed by atoms with Crippen molar-refractivity contribution in [1.29, 1.82) is 0 Å².